The van der Waals surface area contributed by atoms with Crippen LogP contribution in [0.25, 0.3) is 0 Å². The van der Waals surface area contributed by atoms with Crippen LogP contribution in [-0.2, 0) is 9.47 Å². The van der Waals surface area contributed by atoms with E-state index in [-0.39, 0.29) is 23.5 Å². The highest BCUT2D eigenvalue weighted by Gasteiger charge is 2.63. The van der Waals surface area contributed by atoms with Crippen molar-refractivity contribution in [3.05, 3.63) is 0 Å². The normalized spacial score (nSPS) is 59.0. The fourth-order valence-corrected chi connectivity index (χ4v) is 12.1. The van der Waals surface area contributed by atoms with Crippen molar-refractivity contribution in [2.45, 2.75) is 128 Å². The van der Waals surface area contributed by atoms with Crippen molar-refractivity contribution in [2.75, 3.05) is 19.7 Å². The minimum atomic E-state index is -1.43. The highest BCUT2D eigenvalue weighted by atomic mass is 16.7. The van der Waals surface area contributed by atoms with Crippen molar-refractivity contribution in [1.29, 1.82) is 0 Å². The lowest BCUT2D eigenvalue weighted by Gasteiger charge is -2.57. The first-order valence-electron chi connectivity index (χ1n) is 17.0. The molecule has 0 aromatic carbocycles. The third-order valence-electron chi connectivity index (χ3n) is 14.1. The van der Waals surface area contributed by atoms with E-state index in [1.54, 1.807) is 0 Å². The molecule has 4 aliphatic carbocycles. The lowest BCUT2D eigenvalue weighted by atomic mass is 9.51. The maximum absolute atomic E-state index is 11.6. The van der Waals surface area contributed by atoms with Gasteiger partial charge < -0.3 is 35.0 Å². The molecule has 7 aliphatic rings. The number of ether oxygens (including phenoxy) is 2. The van der Waals surface area contributed by atoms with E-state index in [0.717, 1.165) is 60.8 Å². The summed E-state index contributed by atoms with van der Waals surface area (Å²) in [4.78, 5) is 2.88. The molecule has 5 N–H and O–H groups in total. The first kappa shape index (κ1) is 29.4. The minimum Gasteiger partial charge on any atom is -0.394 e. The molecule has 8 heteroatoms. The quantitative estimate of drug-likeness (QED) is 0.324. The smallest absolute Gasteiger partial charge is 0.186 e. The van der Waals surface area contributed by atoms with Crippen molar-refractivity contribution in [1.82, 2.24) is 4.90 Å². The molecule has 0 amide bonds. The predicted molar refractivity (Wildman–Crippen MR) is 152 cm³/mol. The molecule has 234 valence electrons. The van der Waals surface area contributed by atoms with E-state index in [0.29, 0.717) is 18.3 Å². The van der Waals surface area contributed by atoms with Crippen molar-refractivity contribution in [3.63, 3.8) is 0 Å². The Kier molecular flexibility index (Phi) is 7.84. The summed E-state index contributed by atoms with van der Waals surface area (Å²) in [7, 11) is 0. The van der Waals surface area contributed by atoms with Crippen LogP contribution in [0.1, 0.15) is 78.6 Å². The molecule has 0 bridgehead atoms. The third-order valence-corrected chi connectivity index (χ3v) is 14.1. The number of aliphatic hydroxyl groups is 5. The Morgan fingerprint density at radius 3 is 2.34 bits per heavy atom. The molecule has 0 radical (unpaired) electrons. The van der Waals surface area contributed by atoms with Crippen molar-refractivity contribution < 1.29 is 35.0 Å². The van der Waals surface area contributed by atoms with Gasteiger partial charge in [0.1, 0.15) is 24.4 Å². The van der Waals surface area contributed by atoms with Crippen LogP contribution in [0.4, 0.5) is 0 Å². The van der Waals surface area contributed by atoms with Crippen LogP contribution in [-0.4, -0.2) is 99.1 Å². The summed E-state index contributed by atoms with van der Waals surface area (Å²) < 4.78 is 11.9. The van der Waals surface area contributed by atoms with Crippen LogP contribution in [0, 0.1) is 58.7 Å². The Balaban J connectivity index is 1.06. The fraction of sp³-hybridized carbons (Fsp3) is 1.00. The van der Waals surface area contributed by atoms with Gasteiger partial charge in [-0.05, 0) is 116 Å². The molecule has 0 spiro atoms. The summed E-state index contributed by atoms with van der Waals surface area (Å²) in [6.45, 7) is 9.55. The van der Waals surface area contributed by atoms with Gasteiger partial charge in [-0.3, -0.25) is 4.90 Å². The summed E-state index contributed by atoms with van der Waals surface area (Å²) in [5, 5.41) is 52.1. The zero-order valence-corrected chi connectivity index (χ0v) is 25.3. The molecule has 18 atom stereocenters. The SMILES string of the molecule is CC1[C@@H]2CC[C@@H]3[C@@H](C[C@H]4[C@H]3C[C@@H](O)[C@H]3C[C@@H](O[C@@H]5O[C@H](CO)[C@@H](O)[C@H](O)[C@H]5O)CC[C@@]34C)[C@@H]2CN2C[C@H](C)CC[C@@H]12. The van der Waals surface area contributed by atoms with Gasteiger partial charge in [0.15, 0.2) is 6.29 Å². The summed E-state index contributed by atoms with van der Waals surface area (Å²) in [6.07, 6.45) is 3.39. The average Bonchev–Trinajstić information content (AvgIpc) is 3.34. The zero-order chi connectivity index (χ0) is 28.8. The molecular weight excluding hydrogens is 522 g/mol. The van der Waals surface area contributed by atoms with Gasteiger partial charge in [0, 0.05) is 19.1 Å². The van der Waals surface area contributed by atoms with Gasteiger partial charge in [0.05, 0.1) is 18.8 Å². The van der Waals surface area contributed by atoms with E-state index in [9.17, 15) is 25.5 Å². The van der Waals surface area contributed by atoms with Crippen LogP contribution in [0.3, 0.4) is 0 Å². The van der Waals surface area contributed by atoms with Crippen molar-refractivity contribution in [2.24, 2.45) is 58.7 Å². The zero-order valence-electron chi connectivity index (χ0n) is 25.3. The lowest BCUT2D eigenvalue weighted by Crippen LogP contribution is -2.60. The van der Waals surface area contributed by atoms with Gasteiger partial charge in [-0.15, -0.1) is 0 Å². The third kappa shape index (κ3) is 4.68. The van der Waals surface area contributed by atoms with Crippen LogP contribution < -0.4 is 0 Å². The minimum absolute atomic E-state index is 0.0763. The van der Waals surface area contributed by atoms with E-state index in [2.05, 4.69) is 25.7 Å². The molecule has 0 aromatic rings. The summed E-state index contributed by atoms with van der Waals surface area (Å²) in [5.74, 6) is 6.23. The molecule has 7 fully saturated rings. The van der Waals surface area contributed by atoms with Gasteiger partial charge in [-0.25, -0.2) is 0 Å². The Labute approximate surface area is 245 Å². The number of rotatable bonds is 3. The average molecular weight is 578 g/mol. The van der Waals surface area contributed by atoms with Crippen LogP contribution >= 0.6 is 0 Å². The number of fused-ring (bicyclic) bond motifs is 8. The standard InChI is InChI=1S/C33H55NO7/c1-16-4-7-26-17(2)19-5-6-20-21(23(19)14-34(26)13-16)11-24-22(20)12-27(36)25-10-18(8-9-33(24,25)3)40-32-31(39)30(38)29(37)28(15-35)41-32/h16-32,35-39H,4-15H2,1-3H3/t16-,17?,18+,19+,20-,21-,22+,23-,24+,25-,26+,27-,28-,29-,30+,31-,32-,33-/m1/s1. The molecule has 7 rings (SSSR count). The van der Waals surface area contributed by atoms with E-state index in [1.165, 1.54) is 45.2 Å². The van der Waals surface area contributed by atoms with Crippen LogP contribution in [0.5, 0.6) is 0 Å². The fourth-order valence-electron chi connectivity index (χ4n) is 12.1. The molecule has 41 heavy (non-hydrogen) atoms. The maximum Gasteiger partial charge on any atom is 0.186 e. The van der Waals surface area contributed by atoms with Crippen molar-refractivity contribution >= 4 is 0 Å². The van der Waals surface area contributed by atoms with E-state index >= 15 is 0 Å². The number of hydrogen-bond donors (Lipinski definition) is 5. The van der Waals surface area contributed by atoms with Gasteiger partial charge in [0.2, 0.25) is 0 Å². The second-order valence-corrected chi connectivity index (χ2v) is 15.9. The summed E-state index contributed by atoms with van der Waals surface area (Å²) >= 11 is 0. The molecule has 3 heterocycles. The number of piperidine rings is 2. The first-order chi connectivity index (χ1) is 19.6. The second kappa shape index (κ2) is 10.9. The van der Waals surface area contributed by atoms with Gasteiger partial charge in [-0.1, -0.05) is 20.8 Å². The van der Waals surface area contributed by atoms with Gasteiger partial charge >= 0.3 is 0 Å². The maximum atomic E-state index is 11.6. The largest absolute Gasteiger partial charge is 0.394 e. The van der Waals surface area contributed by atoms with E-state index in [4.69, 9.17) is 9.47 Å². The monoisotopic (exact) mass is 577 g/mol. The summed E-state index contributed by atoms with van der Waals surface area (Å²) in [5.41, 5.74) is 0.0763. The Hall–Kier alpha value is -0.320. The van der Waals surface area contributed by atoms with E-state index < -0.39 is 37.3 Å². The first-order valence-corrected chi connectivity index (χ1v) is 17.0. The van der Waals surface area contributed by atoms with Crippen molar-refractivity contribution in [3.8, 4) is 0 Å². The summed E-state index contributed by atoms with van der Waals surface area (Å²) in [6, 6.07) is 0.787. The molecule has 8 nitrogen and oxygen atoms in total. The molecule has 3 saturated heterocycles. The highest BCUT2D eigenvalue weighted by Crippen LogP contribution is 2.67. The highest BCUT2D eigenvalue weighted by molar-refractivity contribution is 5.12. The number of aliphatic hydroxyl groups excluding tert-OH is 5. The molecule has 0 aromatic heterocycles. The Bertz CT molecular complexity index is 949. The Morgan fingerprint density at radius 2 is 1.56 bits per heavy atom. The Morgan fingerprint density at radius 1 is 0.780 bits per heavy atom. The van der Waals surface area contributed by atoms with Crippen LogP contribution in [0.15, 0.2) is 0 Å². The molecule has 3 aliphatic heterocycles. The number of hydrogen-bond acceptors (Lipinski definition) is 8. The lowest BCUT2D eigenvalue weighted by molar-refractivity contribution is -0.317. The predicted octanol–water partition coefficient (Wildman–Crippen LogP) is 2.39. The topological polar surface area (TPSA) is 123 Å². The number of nitrogens with zero attached hydrogens (tertiary/aromatic N) is 1. The van der Waals surface area contributed by atoms with Crippen LogP contribution in [0.2, 0.25) is 0 Å². The van der Waals surface area contributed by atoms with Gasteiger partial charge in [0.25, 0.3) is 0 Å². The second-order valence-electron chi connectivity index (χ2n) is 15.9. The molecular formula is C33H55NO7. The van der Waals surface area contributed by atoms with Gasteiger partial charge in [-0.2, -0.15) is 0 Å². The molecule has 1 unspecified atom stereocenters. The van der Waals surface area contributed by atoms with E-state index in [1.807, 2.05) is 0 Å². The molecule has 4 saturated carbocycles.